The molecule has 0 fully saturated rings. The maximum Gasteiger partial charge on any atom is 0.0717 e. The van der Waals surface area contributed by atoms with E-state index in [9.17, 15) is 0 Å². The first-order valence-corrected chi connectivity index (χ1v) is 9.23. The third-order valence-corrected chi connectivity index (χ3v) is 4.40. The van der Waals surface area contributed by atoms with Gasteiger partial charge >= 0.3 is 0 Å². The summed E-state index contributed by atoms with van der Waals surface area (Å²) in [7, 11) is 0. The van der Waals surface area contributed by atoms with Crippen molar-refractivity contribution in [2.24, 2.45) is 5.41 Å². The highest BCUT2D eigenvalue weighted by molar-refractivity contribution is 5.14. The fraction of sp³-hybridized carbons (Fsp3) is 0.333. The monoisotopic (exact) mass is 350 g/mol. The Labute approximate surface area is 158 Å². The lowest BCUT2D eigenvalue weighted by Gasteiger charge is -2.31. The van der Waals surface area contributed by atoms with Crippen LogP contribution < -0.4 is 0 Å². The van der Waals surface area contributed by atoms with E-state index in [-0.39, 0.29) is 5.41 Å². The fourth-order valence-electron chi connectivity index (χ4n) is 2.95. The molecule has 0 radical (unpaired) electrons. The summed E-state index contributed by atoms with van der Waals surface area (Å²) >= 11 is 0. The van der Waals surface area contributed by atoms with Crippen LogP contribution >= 0.6 is 0 Å². The largest absolute Gasteiger partial charge is 0.376 e. The fourth-order valence-corrected chi connectivity index (χ4v) is 2.95. The number of benzene rings is 2. The van der Waals surface area contributed by atoms with Crippen LogP contribution in [0.2, 0.25) is 0 Å². The van der Waals surface area contributed by atoms with Gasteiger partial charge in [0, 0.05) is 5.41 Å². The summed E-state index contributed by atoms with van der Waals surface area (Å²) in [4.78, 5) is 0. The van der Waals surface area contributed by atoms with Crippen molar-refractivity contribution >= 4 is 0 Å². The molecule has 0 aromatic heterocycles. The van der Waals surface area contributed by atoms with Crippen LogP contribution in [0.4, 0.5) is 0 Å². The molecule has 2 aromatic carbocycles. The van der Waals surface area contributed by atoms with Gasteiger partial charge in [0.2, 0.25) is 0 Å². The van der Waals surface area contributed by atoms with Gasteiger partial charge in [-0.25, -0.2) is 0 Å². The summed E-state index contributed by atoms with van der Waals surface area (Å²) in [6.07, 6.45) is 8.04. The Morgan fingerprint density at radius 2 is 1.31 bits per heavy atom. The second kappa shape index (κ2) is 11.5. The van der Waals surface area contributed by atoms with E-state index >= 15 is 0 Å². The van der Waals surface area contributed by atoms with Crippen molar-refractivity contribution in [3.8, 4) is 0 Å². The van der Waals surface area contributed by atoms with Gasteiger partial charge in [-0.3, -0.25) is 0 Å². The van der Waals surface area contributed by atoms with Gasteiger partial charge in [0.25, 0.3) is 0 Å². The predicted molar refractivity (Wildman–Crippen MR) is 109 cm³/mol. The highest BCUT2D eigenvalue weighted by atomic mass is 16.5. The zero-order valence-corrected chi connectivity index (χ0v) is 15.8. The van der Waals surface area contributed by atoms with E-state index in [0.717, 1.165) is 12.8 Å². The quantitative estimate of drug-likeness (QED) is 0.440. The van der Waals surface area contributed by atoms with Crippen molar-refractivity contribution < 1.29 is 9.47 Å². The summed E-state index contributed by atoms with van der Waals surface area (Å²) in [5.41, 5.74) is 2.30. The molecule has 0 aliphatic heterocycles. The molecule has 0 saturated carbocycles. The third kappa shape index (κ3) is 6.99. The molecule has 0 N–H and O–H groups in total. The number of ether oxygens (including phenoxy) is 2. The van der Waals surface area contributed by atoms with Crippen LogP contribution in [0.1, 0.15) is 30.9 Å². The van der Waals surface area contributed by atoms with Crippen LogP contribution in [0.15, 0.2) is 85.5 Å². The zero-order valence-electron chi connectivity index (χ0n) is 15.8. The molecule has 0 unspecified atom stereocenters. The molecule has 0 bridgehead atoms. The molecule has 0 aliphatic carbocycles. The smallest absolute Gasteiger partial charge is 0.0717 e. The molecule has 26 heavy (non-hydrogen) atoms. The summed E-state index contributed by atoms with van der Waals surface area (Å²) in [5, 5.41) is 0. The number of hydrogen-bond donors (Lipinski definition) is 0. The first-order chi connectivity index (χ1) is 12.8. The second-order valence-electron chi connectivity index (χ2n) is 6.72. The maximum atomic E-state index is 6.08. The Hall–Kier alpha value is -2.16. The van der Waals surface area contributed by atoms with Gasteiger partial charge in [0.15, 0.2) is 0 Å². The van der Waals surface area contributed by atoms with Gasteiger partial charge in [0.1, 0.15) is 0 Å². The lowest BCUT2D eigenvalue weighted by Crippen LogP contribution is -2.31. The van der Waals surface area contributed by atoms with E-state index in [1.54, 1.807) is 0 Å². The second-order valence-corrected chi connectivity index (χ2v) is 6.72. The van der Waals surface area contributed by atoms with Crippen LogP contribution in [0, 0.1) is 5.41 Å². The van der Waals surface area contributed by atoms with Crippen molar-refractivity contribution in [1.29, 1.82) is 0 Å². The van der Waals surface area contributed by atoms with Crippen LogP contribution in [0.5, 0.6) is 0 Å². The highest BCUT2D eigenvalue weighted by Gasteiger charge is 2.28. The van der Waals surface area contributed by atoms with Crippen molar-refractivity contribution in [3.63, 3.8) is 0 Å². The van der Waals surface area contributed by atoms with Gasteiger partial charge in [0.05, 0.1) is 26.4 Å². The van der Waals surface area contributed by atoms with E-state index < -0.39 is 0 Å². The third-order valence-electron chi connectivity index (χ3n) is 4.40. The molecule has 0 saturated heterocycles. The Bertz CT molecular complexity index is 601. The molecule has 138 valence electrons. The molecule has 2 aromatic rings. The van der Waals surface area contributed by atoms with E-state index in [2.05, 4.69) is 43.0 Å². The van der Waals surface area contributed by atoms with Crippen LogP contribution in [0.25, 0.3) is 0 Å². The van der Waals surface area contributed by atoms with Gasteiger partial charge in [-0.1, -0.05) is 78.9 Å². The molecular weight excluding hydrogens is 320 g/mol. The lowest BCUT2D eigenvalue weighted by molar-refractivity contribution is -0.0304. The molecule has 0 spiro atoms. The Morgan fingerprint density at radius 3 is 1.73 bits per heavy atom. The van der Waals surface area contributed by atoms with Crippen LogP contribution in [-0.2, 0) is 22.7 Å². The van der Waals surface area contributed by atoms with Gasteiger partial charge in [-0.15, -0.1) is 6.58 Å². The van der Waals surface area contributed by atoms with E-state index in [0.29, 0.717) is 26.4 Å². The number of hydrogen-bond acceptors (Lipinski definition) is 2. The molecule has 0 atom stereocenters. The average Bonchev–Trinajstić information content (AvgIpc) is 2.68. The SMILES string of the molecule is C=CCC(C/C=C/C)(COCc1ccccc1)COCc1ccccc1. The normalized spacial score (nSPS) is 11.7. The van der Waals surface area contributed by atoms with Crippen LogP contribution in [0.3, 0.4) is 0 Å². The minimum Gasteiger partial charge on any atom is -0.376 e. The van der Waals surface area contributed by atoms with Crippen molar-refractivity contribution in [3.05, 3.63) is 96.6 Å². The number of rotatable bonds is 12. The van der Waals surface area contributed by atoms with Crippen molar-refractivity contribution in [1.82, 2.24) is 0 Å². The van der Waals surface area contributed by atoms with Gasteiger partial charge in [-0.2, -0.15) is 0 Å². The van der Waals surface area contributed by atoms with Crippen LogP contribution in [-0.4, -0.2) is 13.2 Å². The van der Waals surface area contributed by atoms with Crippen molar-refractivity contribution in [2.45, 2.75) is 33.0 Å². The zero-order chi connectivity index (χ0) is 18.5. The highest BCUT2D eigenvalue weighted by Crippen LogP contribution is 2.30. The molecular formula is C24H30O2. The summed E-state index contributed by atoms with van der Waals surface area (Å²) in [6.45, 7) is 8.53. The first-order valence-electron chi connectivity index (χ1n) is 9.23. The Balaban J connectivity index is 1.95. The van der Waals surface area contributed by atoms with E-state index in [4.69, 9.17) is 9.47 Å². The lowest BCUT2D eigenvalue weighted by atomic mass is 9.82. The van der Waals surface area contributed by atoms with Gasteiger partial charge < -0.3 is 9.47 Å². The number of allylic oxidation sites excluding steroid dienone is 3. The topological polar surface area (TPSA) is 18.5 Å². The molecule has 0 aliphatic rings. The minimum absolute atomic E-state index is 0.0855. The Kier molecular flexibility index (Phi) is 8.88. The molecule has 0 heterocycles. The Morgan fingerprint density at radius 1 is 0.808 bits per heavy atom. The standard InChI is InChI=1S/C24H30O2/c1-3-5-17-24(16-4-2,20-25-18-22-12-8-6-9-13-22)21-26-19-23-14-10-7-11-15-23/h3-15H,2,16-21H2,1H3/b5-3+. The molecule has 2 nitrogen and oxygen atoms in total. The van der Waals surface area contributed by atoms with E-state index in [1.165, 1.54) is 11.1 Å². The van der Waals surface area contributed by atoms with Gasteiger partial charge in [-0.05, 0) is 30.9 Å². The summed E-state index contributed by atoms with van der Waals surface area (Å²) in [5.74, 6) is 0. The van der Waals surface area contributed by atoms with E-state index in [1.807, 2.05) is 49.4 Å². The molecule has 2 heteroatoms. The predicted octanol–water partition coefficient (Wildman–Crippen LogP) is 5.95. The maximum absolute atomic E-state index is 6.08. The summed E-state index contributed by atoms with van der Waals surface area (Å²) in [6, 6.07) is 20.6. The summed E-state index contributed by atoms with van der Waals surface area (Å²) < 4.78 is 12.2. The average molecular weight is 351 g/mol. The van der Waals surface area contributed by atoms with Crippen molar-refractivity contribution in [2.75, 3.05) is 13.2 Å². The molecule has 2 rings (SSSR count). The first kappa shape index (κ1) is 20.2. The molecule has 0 amide bonds. The minimum atomic E-state index is -0.0855.